The van der Waals surface area contributed by atoms with E-state index in [1.165, 1.54) is 18.2 Å². The third kappa shape index (κ3) is 4.91. The lowest BCUT2D eigenvalue weighted by Gasteiger charge is -2.21. The Bertz CT molecular complexity index is 1260. The maximum Gasteiger partial charge on any atom is 0.573 e. The predicted molar refractivity (Wildman–Crippen MR) is 112 cm³/mol. The number of hydrogen-bond donors (Lipinski definition) is 1. The number of hydrogen-bond acceptors (Lipinski definition) is 3. The topological polar surface area (TPSA) is 34.1 Å². The third-order valence-electron chi connectivity index (χ3n) is 4.67. The minimum Gasteiger partial charge on any atom is -0.406 e. The summed E-state index contributed by atoms with van der Waals surface area (Å²) in [6, 6.07) is 16.1. The van der Waals surface area contributed by atoms with Gasteiger partial charge in [-0.3, -0.25) is 0 Å². The van der Waals surface area contributed by atoms with Crippen LogP contribution in [0.15, 0.2) is 72.8 Å². The second-order valence-electron chi connectivity index (χ2n) is 6.87. The summed E-state index contributed by atoms with van der Waals surface area (Å²) in [4.78, 5) is 4.57. The second-order valence-corrected chi connectivity index (χ2v) is 7.27. The monoisotopic (exact) mass is 464 g/mol. The van der Waals surface area contributed by atoms with Crippen molar-refractivity contribution in [3.8, 4) is 5.75 Å². The van der Waals surface area contributed by atoms with Crippen LogP contribution in [-0.4, -0.2) is 11.3 Å². The van der Waals surface area contributed by atoms with Crippen molar-refractivity contribution >= 4 is 28.2 Å². The molecule has 0 spiro atoms. The van der Waals surface area contributed by atoms with Crippen molar-refractivity contribution in [2.45, 2.75) is 12.4 Å². The fourth-order valence-corrected chi connectivity index (χ4v) is 3.46. The van der Waals surface area contributed by atoms with E-state index in [0.717, 1.165) is 29.7 Å². The van der Waals surface area contributed by atoms with Crippen molar-refractivity contribution in [3.05, 3.63) is 101 Å². The Morgan fingerprint density at radius 2 is 1.66 bits per heavy atom. The molecule has 1 atom stereocenters. The molecule has 1 aromatic heterocycles. The maximum absolute atomic E-state index is 14.3. The number of ether oxygens (including phenoxy) is 1. The van der Waals surface area contributed by atoms with E-state index in [1.807, 2.05) is 6.07 Å². The first-order chi connectivity index (χ1) is 15.2. The van der Waals surface area contributed by atoms with Crippen molar-refractivity contribution < 1.29 is 26.7 Å². The van der Waals surface area contributed by atoms with Gasteiger partial charge in [0.1, 0.15) is 17.4 Å². The van der Waals surface area contributed by atoms with Crippen LogP contribution in [0.2, 0.25) is 5.02 Å². The fourth-order valence-electron chi connectivity index (χ4n) is 3.24. The number of halogens is 6. The van der Waals surface area contributed by atoms with E-state index in [4.69, 9.17) is 11.6 Å². The molecule has 0 amide bonds. The molecule has 0 fully saturated rings. The Hall–Kier alpha value is -3.39. The molecule has 1 unspecified atom stereocenters. The van der Waals surface area contributed by atoms with Crippen LogP contribution in [0.25, 0.3) is 10.9 Å². The van der Waals surface area contributed by atoms with E-state index >= 15 is 0 Å². The number of alkyl halides is 3. The molecule has 9 heteroatoms. The van der Waals surface area contributed by atoms with Gasteiger partial charge in [-0.15, -0.1) is 13.2 Å². The lowest BCUT2D eigenvalue weighted by molar-refractivity contribution is -0.274. The molecule has 0 aliphatic carbocycles. The number of anilines is 1. The summed E-state index contributed by atoms with van der Waals surface area (Å²) >= 11 is 6.26. The van der Waals surface area contributed by atoms with Crippen molar-refractivity contribution in [3.63, 3.8) is 0 Å². The average molecular weight is 465 g/mol. The Morgan fingerprint density at radius 1 is 0.906 bits per heavy atom. The molecule has 0 aliphatic rings. The Kier molecular flexibility index (Phi) is 5.88. The number of pyridine rings is 1. The number of aromatic nitrogens is 1. The third-order valence-corrected chi connectivity index (χ3v) is 4.97. The number of nitrogens with one attached hydrogen (secondary N) is 1. The summed E-state index contributed by atoms with van der Waals surface area (Å²) < 4.78 is 69.0. The lowest BCUT2D eigenvalue weighted by Crippen LogP contribution is -2.18. The van der Waals surface area contributed by atoms with E-state index < -0.39 is 29.8 Å². The minimum absolute atomic E-state index is 0.00641. The van der Waals surface area contributed by atoms with Crippen LogP contribution in [0.5, 0.6) is 5.75 Å². The highest BCUT2D eigenvalue weighted by Gasteiger charge is 2.31. The zero-order chi connectivity index (χ0) is 22.9. The molecule has 0 radical (unpaired) electrons. The molecule has 32 heavy (non-hydrogen) atoms. The van der Waals surface area contributed by atoms with Gasteiger partial charge >= 0.3 is 6.36 Å². The van der Waals surface area contributed by atoms with Gasteiger partial charge in [0, 0.05) is 11.5 Å². The molecule has 164 valence electrons. The van der Waals surface area contributed by atoms with E-state index in [-0.39, 0.29) is 5.69 Å². The molecule has 0 saturated carbocycles. The smallest absolute Gasteiger partial charge is 0.406 e. The lowest BCUT2D eigenvalue weighted by atomic mass is 10.0. The van der Waals surface area contributed by atoms with Crippen LogP contribution in [0.3, 0.4) is 0 Å². The van der Waals surface area contributed by atoms with Crippen LogP contribution in [0.1, 0.15) is 17.3 Å². The average Bonchev–Trinajstić information content (AvgIpc) is 2.73. The normalized spacial score (nSPS) is 12.6. The highest BCUT2D eigenvalue weighted by Crippen LogP contribution is 2.32. The minimum atomic E-state index is -4.83. The number of para-hydroxylation sites is 1. The molecule has 3 aromatic carbocycles. The van der Waals surface area contributed by atoms with Crippen molar-refractivity contribution in [1.82, 2.24) is 4.98 Å². The molecular formula is C23H14ClF5N2O. The van der Waals surface area contributed by atoms with E-state index in [1.54, 1.807) is 24.3 Å². The first-order valence-corrected chi connectivity index (χ1v) is 9.70. The summed E-state index contributed by atoms with van der Waals surface area (Å²) in [5.74, 6) is -1.97. The van der Waals surface area contributed by atoms with Crippen LogP contribution in [0, 0.1) is 11.6 Å². The van der Waals surface area contributed by atoms with Crippen LogP contribution in [-0.2, 0) is 0 Å². The Morgan fingerprint density at radius 3 is 2.34 bits per heavy atom. The van der Waals surface area contributed by atoms with Gasteiger partial charge in [0.2, 0.25) is 0 Å². The standard InChI is InChI=1S/C23H14ClF5N2O/c24-17-3-1-2-13-6-10-20(31-21(13)17)22(30-19-11-7-15(25)12-18(19)26)14-4-8-16(9-5-14)32-23(27,28)29/h1-12,22,30H. The van der Waals surface area contributed by atoms with Crippen LogP contribution >= 0.6 is 11.6 Å². The summed E-state index contributed by atoms with van der Waals surface area (Å²) in [6.07, 6.45) is -4.83. The van der Waals surface area contributed by atoms with Crippen molar-refractivity contribution in [1.29, 1.82) is 0 Å². The van der Waals surface area contributed by atoms with Gasteiger partial charge in [-0.05, 0) is 42.0 Å². The van der Waals surface area contributed by atoms with E-state index in [2.05, 4.69) is 15.0 Å². The summed E-state index contributed by atoms with van der Waals surface area (Å²) in [7, 11) is 0. The molecule has 0 aliphatic heterocycles. The maximum atomic E-state index is 14.3. The molecule has 4 rings (SSSR count). The van der Waals surface area contributed by atoms with Gasteiger partial charge < -0.3 is 10.1 Å². The van der Waals surface area contributed by atoms with Gasteiger partial charge in [0.25, 0.3) is 0 Å². The fraction of sp³-hybridized carbons (Fsp3) is 0.0870. The number of fused-ring (bicyclic) bond motifs is 1. The van der Waals surface area contributed by atoms with Crippen molar-refractivity contribution in [2.24, 2.45) is 0 Å². The van der Waals surface area contributed by atoms with Gasteiger partial charge in [-0.25, -0.2) is 13.8 Å². The molecule has 0 saturated heterocycles. The number of benzene rings is 3. The predicted octanol–water partition coefficient (Wildman–Crippen LogP) is 7.27. The van der Waals surface area contributed by atoms with Gasteiger partial charge in [0.15, 0.2) is 0 Å². The van der Waals surface area contributed by atoms with Crippen molar-refractivity contribution in [2.75, 3.05) is 5.32 Å². The summed E-state index contributed by atoms with van der Waals surface area (Å²) in [6.45, 7) is 0. The molecule has 1 heterocycles. The van der Waals surface area contributed by atoms with Crippen LogP contribution < -0.4 is 10.1 Å². The first-order valence-electron chi connectivity index (χ1n) is 9.32. The van der Waals surface area contributed by atoms with Gasteiger partial charge in [-0.1, -0.05) is 41.9 Å². The summed E-state index contributed by atoms with van der Waals surface area (Å²) in [5.41, 5.74) is 1.41. The largest absolute Gasteiger partial charge is 0.573 e. The zero-order valence-corrected chi connectivity index (χ0v) is 16.9. The zero-order valence-electron chi connectivity index (χ0n) is 16.1. The quantitative estimate of drug-likeness (QED) is 0.315. The van der Waals surface area contributed by atoms with Gasteiger partial charge in [0.05, 0.1) is 28.0 Å². The molecular weight excluding hydrogens is 451 g/mol. The van der Waals surface area contributed by atoms with Crippen LogP contribution in [0.4, 0.5) is 27.6 Å². The van der Waals surface area contributed by atoms with Gasteiger partial charge in [-0.2, -0.15) is 0 Å². The second kappa shape index (κ2) is 8.63. The van der Waals surface area contributed by atoms with E-state index in [0.29, 0.717) is 21.8 Å². The molecule has 3 nitrogen and oxygen atoms in total. The number of rotatable bonds is 5. The Labute approximate surface area is 184 Å². The molecule has 0 bridgehead atoms. The number of nitrogens with zero attached hydrogens (tertiary/aromatic N) is 1. The SMILES string of the molecule is Fc1ccc(NC(c2ccc(OC(F)(F)F)cc2)c2ccc3cccc(Cl)c3n2)c(F)c1. The molecule has 4 aromatic rings. The van der Waals surface area contributed by atoms with E-state index in [9.17, 15) is 22.0 Å². The highest BCUT2D eigenvalue weighted by atomic mass is 35.5. The summed E-state index contributed by atoms with van der Waals surface area (Å²) in [5, 5.41) is 4.14. The Balaban J connectivity index is 1.77. The molecule has 1 N–H and O–H groups in total. The first kappa shape index (κ1) is 21.8. The highest BCUT2D eigenvalue weighted by molar-refractivity contribution is 6.35.